The number of hydrogen-bond acceptors (Lipinski definition) is 1. The Kier molecular flexibility index (Phi) is 11.6. The first kappa shape index (κ1) is 17.0. The van der Waals surface area contributed by atoms with Crippen LogP contribution in [0.2, 0.25) is 0 Å². The van der Waals surface area contributed by atoms with Gasteiger partial charge in [0.1, 0.15) is 0 Å². The molecule has 1 heteroatoms. The minimum atomic E-state index is 0.376. The van der Waals surface area contributed by atoms with E-state index in [2.05, 4.69) is 0 Å². The van der Waals surface area contributed by atoms with Crippen LogP contribution in [0.3, 0.4) is 0 Å². The summed E-state index contributed by atoms with van der Waals surface area (Å²) in [6, 6.07) is 0. The summed E-state index contributed by atoms with van der Waals surface area (Å²) in [6.07, 6.45) is 22.6. The topological polar surface area (TPSA) is 20.2 Å². The van der Waals surface area contributed by atoms with E-state index in [4.69, 9.17) is 5.11 Å². The molecule has 1 nitrogen and oxygen atoms in total. The summed E-state index contributed by atoms with van der Waals surface area (Å²) < 4.78 is 0. The number of rotatable bonds is 15. The summed E-state index contributed by atoms with van der Waals surface area (Å²) >= 11 is 0. The van der Waals surface area contributed by atoms with Gasteiger partial charge in [-0.15, -0.1) is 0 Å². The van der Waals surface area contributed by atoms with Gasteiger partial charge in [-0.3, -0.25) is 0 Å². The molecule has 19 heavy (non-hydrogen) atoms. The second-order valence-electron chi connectivity index (χ2n) is 6.55. The lowest BCUT2D eigenvalue weighted by molar-refractivity contribution is 0.282. The predicted octanol–water partition coefficient (Wildman–Crippen LogP) is 5.85. The van der Waals surface area contributed by atoms with Crippen molar-refractivity contribution in [1.29, 1.82) is 0 Å². The van der Waals surface area contributed by atoms with Crippen molar-refractivity contribution in [3.63, 3.8) is 0 Å². The van der Waals surface area contributed by atoms with Crippen molar-refractivity contribution in [2.24, 2.45) is 5.92 Å². The lowest BCUT2D eigenvalue weighted by Crippen LogP contribution is -1.85. The minimum absolute atomic E-state index is 0.376. The van der Waals surface area contributed by atoms with Crippen LogP contribution in [-0.4, -0.2) is 11.7 Å². The maximum absolute atomic E-state index is 8.67. The van der Waals surface area contributed by atoms with Gasteiger partial charge >= 0.3 is 0 Å². The van der Waals surface area contributed by atoms with E-state index in [0.717, 1.165) is 12.3 Å². The normalized spacial score (nSPS) is 15.0. The Morgan fingerprint density at radius 2 is 0.895 bits per heavy atom. The monoisotopic (exact) mass is 268 g/mol. The zero-order chi connectivity index (χ0) is 13.6. The van der Waals surface area contributed by atoms with Crippen LogP contribution in [0.4, 0.5) is 0 Å². The maximum atomic E-state index is 8.67. The van der Waals surface area contributed by atoms with Crippen LogP contribution < -0.4 is 0 Å². The first-order chi connectivity index (χ1) is 9.43. The molecule has 0 aromatic carbocycles. The van der Waals surface area contributed by atoms with Gasteiger partial charge in [0.2, 0.25) is 0 Å². The number of aliphatic hydroxyl groups is 1. The van der Waals surface area contributed by atoms with E-state index in [1.54, 1.807) is 0 Å². The van der Waals surface area contributed by atoms with Gasteiger partial charge in [0.15, 0.2) is 0 Å². The van der Waals surface area contributed by atoms with Crippen LogP contribution in [0, 0.1) is 5.92 Å². The van der Waals surface area contributed by atoms with Crippen LogP contribution in [0.15, 0.2) is 0 Å². The predicted molar refractivity (Wildman–Crippen MR) is 84.4 cm³/mol. The highest BCUT2D eigenvalue weighted by Gasteiger charge is 2.19. The van der Waals surface area contributed by atoms with Gasteiger partial charge in [-0.05, 0) is 12.3 Å². The Labute approximate surface area is 121 Å². The van der Waals surface area contributed by atoms with Gasteiger partial charge in [-0.2, -0.15) is 0 Å². The Bertz CT molecular complexity index is 175. The fourth-order valence-electron chi connectivity index (χ4n) is 2.90. The van der Waals surface area contributed by atoms with Crippen molar-refractivity contribution in [3.8, 4) is 0 Å². The largest absolute Gasteiger partial charge is 0.396 e. The number of aliphatic hydroxyl groups excluding tert-OH is 1. The minimum Gasteiger partial charge on any atom is -0.396 e. The van der Waals surface area contributed by atoms with Crippen molar-refractivity contribution in [2.45, 2.75) is 103 Å². The van der Waals surface area contributed by atoms with E-state index in [1.165, 1.54) is 96.3 Å². The highest BCUT2D eigenvalue weighted by atomic mass is 16.2. The standard InChI is InChI=1S/C18H36O/c19-17-13-11-9-7-5-3-1-2-4-6-8-10-12-14-18-15-16-18/h18-19H,1-17H2. The molecular formula is C18H36O. The van der Waals surface area contributed by atoms with E-state index >= 15 is 0 Å². The van der Waals surface area contributed by atoms with Gasteiger partial charge in [-0.25, -0.2) is 0 Å². The molecular weight excluding hydrogens is 232 g/mol. The van der Waals surface area contributed by atoms with Gasteiger partial charge in [-0.1, -0.05) is 96.3 Å². The van der Waals surface area contributed by atoms with Crippen LogP contribution in [0.25, 0.3) is 0 Å². The molecule has 0 aromatic rings. The average Bonchev–Trinajstić information content (AvgIpc) is 3.23. The summed E-state index contributed by atoms with van der Waals surface area (Å²) in [4.78, 5) is 0. The first-order valence-corrected chi connectivity index (χ1v) is 9.04. The third-order valence-corrected chi connectivity index (χ3v) is 4.47. The first-order valence-electron chi connectivity index (χ1n) is 9.04. The van der Waals surface area contributed by atoms with E-state index in [-0.39, 0.29) is 0 Å². The zero-order valence-electron chi connectivity index (χ0n) is 13.0. The van der Waals surface area contributed by atoms with Gasteiger partial charge in [0, 0.05) is 6.61 Å². The van der Waals surface area contributed by atoms with E-state index in [9.17, 15) is 0 Å². The highest BCUT2D eigenvalue weighted by Crippen LogP contribution is 2.34. The molecule has 1 aliphatic carbocycles. The van der Waals surface area contributed by atoms with Crippen molar-refractivity contribution in [2.75, 3.05) is 6.61 Å². The molecule has 0 radical (unpaired) electrons. The molecule has 0 atom stereocenters. The molecule has 1 rings (SSSR count). The quantitative estimate of drug-likeness (QED) is 0.369. The molecule has 0 amide bonds. The Hall–Kier alpha value is -0.0400. The Morgan fingerprint density at radius 1 is 0.526 bits per heavy atom. The Morgan fingerprint density at radius 3 is 1.26 bits per heavy atom. The maximum Gasteiger partial charge on any atom is 0.0431 e. The molecule has 0 unspecified atom stereocenters. The van der Waals surface area contributed by atoms with Gasteiger partial charge in [0.25, 0.3) is 0 Å². The smallest absolute Gasteiger partial charge is 0.0431 e. The summed E-state index contributed by atoms with van der Waals surface area (Å²) in [5.41, 5.74) is 0. The summed E-state index contributed by atoms with van der Waals surface area (Å²) in [5.74, 6) is 1.14. The average molecular weight is 268 g/mol. The van der Waals surface area contributed by atoms with Crippen LogP contribution >= 0.6 is 0 Å². The summed E-state index contributed by atoms with van der Waals surface area (Å²) in [6.45, 7) is 0.376. The fraction of sp³-hybridized carbons (Fsp3) is 1.00. The molecule has 114 valence electrons. The second kappa shape index (κ2) is 13.0. The van der Waals surface area contributed by atoms with E-state index < -0.39 is 0 Å². The third kappa shape index (κ3) is 12.7. The number of hydrogen-bond donors (Lipinski definition) is 1. The van der Waals surface area contributed by atoms with Crippen LogP contribution in [0.1, 0.15) is 103 Å². The molecule has 0 saturated heterocycles. The summed E-state index contributed by atoms with van der Waals surface area (Å²) in [7, 11) is 0. The van der Waals surface area contributed by atoms with E-state index in [0.29, 0.717) is 6.61 Å². The lowest BCUT2D eigenvalue weighted by Gasteiger charge is -2.03. The third-order valence-electron chi connectivity index (χ3n) is 4.47. The van der Waals surface area contributed by atoms with Gasteiger partial charge in [0.05, 0.1) is 0 Å². The van der Waals surface area contributed by atoms with Crippen LogP contribution in [0.5, 0.6) is 0 Å². The molecule has 0 spiro atoms. The van der Waals surface area contributed by atoms with Crippen LogP contribution in [-0.2, 0) is 0 Å². The van der Waals surface area contributed by atoms with Crippen molar-refractivity contribution in [3.05, 3.63) is 0 Å². The molecule has 0 heterocycles. The van der Waals surface area contributed by atoms with Crippen molar-refractivity contribution in [1.82, 2.24) is 0 Å². The SMILES string of the molecule is OCCCCCCCCCCCCCCCC1CC1. The lowest BCUT2D eigenvalue weighted by atomic mass is 10.0. The second-order valence-corrected chi connectivity index (χ2v) is 6.55. The number of unbranched alkanes of at least 4 members (excludes halogenated alkanes) is 12. The molecule has 1 N–H and O–H groups in total. The molecule has 1 fully saturated rings. The van der Waals surface area contributed by atoms with E-state index in [1.807, 2.05) is 0 Å². The Balaban J connectivity index is 1.60. The molecule has 0 bridgehead atoms. The molecule has 0 aliphatic heterocycles. The van der Waals surface area contributed by atoms with Crippen molar-refractivity contribution < 1.29 is 5.11 Å². The summed E-state index contributed by atoms with van der Waals surface area (Å²) in [5, 5.41) is 8.67. The zero-order valence-corrected chi connectivity index (χ0v) is 13.0. The molecule has 1 aliphatic rings. The fourth-order valence-corrected chi connectivity index (χ4v) is 2.90. The molecule has 1 saturated carbocycles. The highest BCUT2D eigenvalue weighted by molar-refractivity contribution is 4.72. The van der Waals surface area contributed by atoms with Crippen molar-refractivity contribution >= 4 is 0 Å². The molecule has 0 aromatic heterocycles. The van der Waals surface area contributed by atoms with Gasteiger partial charge < -0.3 is 5.11 Å².